The Morgan fingerprint density at radius 1 is 1.06 bits per heavy atom. The molecule has 0 aliphatic rings. The second kappa shape index (κ2) is 11.1. The molecule has 2 aromatic heterocycles. The quantitative estimate of drug-likeness (QED) is 0.334. The van der Waals surface area contributed by atoms with Gasteiger partial charge in [0.2, 0.25) is 0 Å². The van der Waals surface area contributed by atoms with Crippen molar-refractivity contribution in [2.24, 2.45) is 0 Å². The van der Waals surface area contributed by atoms with Crippen LogP contribution in [0.2, 0.25) is 0 Å². The first-order chi connectivity index (χ1) is 17.4. The lowest BCUT2D eigenvalue weighted by atomic mass is 10.2. The fourth-order valence-corrected chi connectivity index (χ4v) is 3.17. The van der Waals surface area contributed by atoms with Crippen molar-refractivity contribution in [3.8, 4) is 23.3 Å². The summed E-state index contributed by atoms with van der Waals surface area (Å²) in [6, 6.07) is 14.1. The van der Waals surface area contributed by atoms with Gasteiger partial charge >= 0.3 is 6.55 Å². The van der Waals surface area contributed by atoms with E-state index in [-0.39, 0.29) is 18.8 Å². The zero-order chi connectivity index (χ0) is 25.5. The molecular weight excluding hydrogens is 472 g/mol. The number of carbonyl (C=O) groups is 1. The smallest absolute Gasteiger partial charge is 0.321 e. The van der Waals surface area contributed by atoms with Crippen molar-refractivity contribution in [2.75, 3.05) is 17.2 Å². The standard InChI is InChI=1S/C25H19F2N5O4/c26-25(27)32-11-10-19(14-23(32)35)36-18-7-4-16(5-8-18)31-24-20-13-17(6-9-21(20)28-15-29-24)30-22(34)3-1-2-12-33/h4-11,13-15,25,33H,2,12H2,(H,30,34)(H,28,29,31). The summed E-state index contributed by atoms with van der Waals surface area (Å²) >= 11 is 0. The Balaban J connectivity index is 1.49. The summed E-state index contributed by atoms with van der Waals surface area (Å²) in [4.78, 5) is 32.2. The molecule has 0 unspecified atom stereocenters. The molecule has 0 aliphatic heterocycles. The number of carbonyl (C=O) groups excluding carboxylic acids is 1. The number of hydrogen-bond donors (Lipinski definition) is 3. The van der Waals surface area contributed by atoms with Crippen LogP contribution in [-0.4, -0.2) is 32.2 Å². The molecule has 1 amide bonds. The van der Waals surface area contributed by atoms with Gasteiger partial charge in [0.1, 0.15) is 23.6 Å². The number of hydrogen-bond acceptors (Lipinski definition) is 7. The summed E-state index contributed by atoms with van der Waals surface area (Å²) in [5.41, 5.74) is 0.945. The van der Waals surface area contributed by atoms with Crippen molar-refractivity contribution in [2.45, 2.75) is 13.0 Å². The number of ether oxygens (including phenoxy) is 1. The first-order valence-electron chi connectivity index (χ1n) is 10.6. The van der Waals surface area contributed by atoms with Gasteiger partial charge in [0, 0.05) is 35.4 Å². The summed E-state index contributed by atoms with van der Waals surface area (Å²) in [5, 5.41) is 15.3. The lowest BCUT2D eigenvalue weighted by molar-refractivity contribution is -0.111. The van der Waals surface area contributed by atoms with Crippen molar-refractivity contribution >= 4 is 34.0 Å². The van der Waals surface area contributed by atoms with E-state index in [9.17, 15) is 18.4 Å². The van der Waals surface area contributed by atoms with Gasteiger partial charge in [-0.25, -0.2) is 9.97 Å². The summed E-state index contributed by atoms with van der Waals surface area (Å²) in [6.45, 7) is -3.04. The van der Waals surface area contributed by atoms with Crippen molar-refractivity contribution in [1.82, 2.24) is 14.5 Å². The summed E-state index contributed by atoms with van der Waals surface area (Å²) in [7, 11) is 0. The predicted molar refractivity (Wildman–Crippen MR) is 129 cm³/mol. The monoisotopic (exact) mass is 491 g/mol. The molecule has 0 bridgehead atoms. The van der Waals surface area contributed by atoms with Crippen LogP contribution in [0.15, 0.2) is 71.9 Å². The number of alkyl halides is 2. The van der Waals surface area contributed by atoms with Crippen LogP contribution in [0.1, 0.15) is 13.0 Å². The SMILES string of the molecule is O=C(C#CCCO)Nc1ccc2ncnc(Nc3ccc(Oc4ccn(C(F)F)c(=O)c4)cc3)c2c1. The number of aliphatic hydroxyl groups is 1. The van der Waals surface area contributed by atoms with Gasteiger partial charge in [-0.1, -0.05) is 5.92 Å². The third-order valence-electron chi connectivity index (χ3n) is 4.81. The molecule has 0 saturated heterocycles. The van der Waals surface area contributed by atoms with Crippen LogP contribution in [0.3, 0.4) is 0 Å². The topological polar surface area (TPSA) is 118 Å². The Morgan fingerprint density at radius 3 is 2.56 bits per heavy atom. The maximum Gasteiger partial charge on any atom is 0.321 e. The molecule has 9 nitrogen and oxygen atoms in total. The first-order valence-corrected chi connectivity index (χ1v) is 10.6. The van der Waals surface area contributed by atoms with E-state index in [0.29, 0.717) is 38.4 Å². The van der Waals surface area contributed by atoms with Gasteiger partial charge in [-0.15, -0.1) is 0 Å². The number of aromatic nitrogens is 3. The van der Waals surface area contributed by atoms with E-state index < -0.39 is 18.0 Å². The van der Waals surface area contributed by atoms with Crippen molar-refractivity contribution in [3.05, 3.63) is 77.5 Å². The zero-order valence-electron chi connectivity index (χ0n) is 18.6. The molecule has 0 spiro atoms. The van der Waals surface area contributed by atoms with Gasteiger partial charge in [-0.3, -0.25) is 14.2 Å². The van der Waals surface area contributed by atoms with E-state index in [2.05, 4.69) is 32.4 Å². The largest absolute Gasteiger partial charge is 0.457 e. The molecule has 4 aromatic rings. The van der Waals surface area contributed by atoms with E-state index in [1.54, 1.807) is 42.5 Å². The Hall–Kier alpha value is -4.82. The predicted octanol–water partition coefficient (Wildman–Crippen LogP) is 4.05. The zero-order valence-corrected chi connectivity index (χ0v) is 18.6. The first kappa shape index (κ1) is 24.3. The molecule has 2 aromatic carbocycles. The van der Waals surface area contributed by atoms with E-state index in [4.69, 9.17) is 9.84 Å². The Kier molecular flexibility index (Phi) is 7.48. The van der Waals surface area contributed by atoms with Crippen molar-refractivity contribution in [1.29, 1.82) is 0 Å². The van der Waals surface area contributed by atoms with Gasteiger partial charge in [0.25, 0.3) is 11.5 Å². The number of nitrogens with one attached hydrogen (secondary N) is 2. The minimum absolute atomic E-state index is 0.121. The van der Waals surface area contributed by atoms with Crippen LogP contribution in [0.25, 0.3) is 10.9 Å². The van der Waals surface area contributed by atoms with Crippen LogP contribution in [-0.2, 0) is 4.79 Å². The average molecular weight is 491 g/mol. The molecule has 36 heavy (non-hydrogen) atoms. The van der Waals surface area contributed by atoms with Gasteiger partial charge in [-0.2, -0.15) is 8.78 Å². The number of fused-ring (bicyclic) bond motifs is 1. The maximum atomic E-state index is 12.7. The van der Waals surface area contributed by atoms with Gasteiger partial charge in [0.15, 0.2) is 0 Å². The number of amides is 1. The molecule has 2 heterocycles. The highest BCUT2D eigenvalue weighted by molar-refractivity contribution is 6.05. The minimum atomic E-state index is -2.92. The molecule has 11 heteroatoms. The van der Waals surface area contributed by atoms with E-state index in [1.165, 1.54) is 12.4 Å². The van der Waals surface area contributed by atoms with E-state index >= 15 is 0 Å². The number of aliphatic hydroxyl groups excluding tert-OH is 1. The molecule has 4 rings (SSSR count). The fourth-order valence-electron chi connectivity index (χ4n) is 3.17. The normalized spacial score (nSPS) is 10.6. The second-order valence-electron chi connectivity index (χ2n) is 7.32. The Morgan fingerprint density at radius 2 is 1.83 bits per heavy atom. The summed E-state index contributed by atoms with van der Waals surface area (Å²) < 4.78 is 31.3. The van der Waals surface area contributed by atoms with E-state index in [0.717, 1.165) is 12.3 Å². The van der Waals surface area contributed by atoms with Crippen LogP contribution < -0.4 is 20.9 Å². The third kappa shape index (κ3) is 5.99. The summed E-state index contributed by atoms with van der Waals surface area (Å²) in [6.07, 6.45) is 2.58. The summed E-state index contributed by atoms with van der Waals surface area (Å²) in [5.74, 6) is 5.48. The van der Waals surface area contributed by atoms with Gasteiger partial charge in [0.05, 0.1) is 12.1 Å². The fraction of sp³-hybridized carbons (Fsp3) is 0.120. The number of benzene rings is 2. The highest BCUT2D eigenvalue weighted by Crippen LogP contribution is 2.28. The maximum absolute atomic E-state index is 12.7. The van der Waals surface area contributed by atoms with E-state index in [1.807, 2.05) is 0 Å². The number of anilines is 3. The second-order valence-corrected chi connectivity index (χ2v) is 7.32. The van der Waals surface area contributed by atoms with Crippen LogP contribution >= 0.6 is 0 Å². The average Bonchev–Trinajstić information content (AvgIpc) is 2.85. The van der Waals surface area contributed by atoms with Crippen molar-refractivity contribution in [3.63, 3.8) is 0 Å². The molecular formula is C25H19F2N5O4. The highest BCUT2D eigenvalue weighted by Gasteiger charge is 2.10. The molecule has 182 valence electrons. The molecule has 0 fully saturated rings. The number of rotatable bonds is 7. The lowest BCUT2D eigenvalue weighted by Crippen LogP contribution is -2.18. The third-order valence-corrected chi connectivity index (χ3v) is 4.81. The highest BCUT2D eigenvalue weighted by atomic mass is 19.3. The molecule has 0 atom stereocenters. The molecule has 0 saturated carbocycles. The van der Waals surface area contributed by atoms with Crippen LogP contribution in [0, 0.1) is 11.8 Å². The molecule has 3 N–H and O–H groups in total. The number of halogens is 2. The van der Waals surface area contributed by atoms with Crippen molar-refractivity contribution < 1.29 is 23.4 Å². The Labute approximate surface area is 203 Å². The minimum Gasteiger partial charge on any atom is -0.457 e. The lowest BCUT2D eigenvalue weighted by Gasteiger charge is -2.11. The van der Waals surface area contributed by atoms with Gasteiger partial charge in [-0.05, 0) is 54.5 Å². The van der Waals surface area contributed by atoms with Gasteiger partial charge < -0.3 is 20.5 Å². The Bertz CT molecular complexity index is 1510. The molecule has 0 radical (unpaired) electrons. The van der Waals surface area contributed by atoms with Crippen LogP contribution in [0.4, 0.5) is 26.0 Å². The van der Waals surface area contributed by atoms with Crippen LogP contribution in [0.5, 0.6) is 11.5 Å². The molecule has 0 aliphatic carbocycles. The number of nitrogens with zero attached hydrogens (tertiary/aromatic N) is 3. The number of pyridine rings is 1.